The number of carboxylic acids is 1. The summed E-state index contributed by atoms with van der Waals surface area (Å²) in [6.45, 7) is 0.554. The number of amides is 1. The van der Waals surface area contributed by atoms with Crippen molar-refractivity contribution in [1.82, 2.24) is 5.32 Å². The molecule has 0 heterocycles. The molecule has 0 atom stereocenters. The van der Waals surface area contributed by atoms with Gasteiger partial charge in [-0.05, 0) is 30.9 Å². The SMILES string of the molecule is COc1ccccc1CCNC(=O)CCCCC(=O)O. The molecule has 2 N–H and O–H groups in total. The number of unbranched alkanes of at least 4 members (excludes halogenated alkanes) is 1. The minimum Gasteiger partial charge on any atom is -0.496 e. The second-order valence-electron chi connectivity index (χ2n) is 4.51. The first kappa shape index (κ1) is 16.0. The van der Waals surface area contributed by atoms with Gasteiger partial charge in [0.05, 0.1) is 7.11 Å². The number of carbonyl (C=O) groups is 2. The summed E-state index contributed by atoms with van der Waals surface area (Å²) in [5.41, 5.74) is 1.06. The van der Waals surface area contributed by atoms with Gasteiger partial charge in [-0.1, -0.05) is 18.2 Å². The topological polar surface area (TPSA) is 75.6 Å². The van der Waals surface area contributed by atoms with Crippen LogP contribution >= 0.6 is 0 Å². The van der Waals surface area contributed by atoms with Crippen molar-refractivity contribution in [2.75, 3.05) is 13.7 Å². The van der Waals surface area contributed by atoms with E-state index < -0.39 is 5.97 Å². The molecule has 0 saturated carbocycles. The smallest absolute Gasteiger partial charge is 0.303 e. The van der Waals surface area contributed by atoms with Gasteiger partial charge in [0.1, 0.15) is 5.75 Å². The maximum Gasteiger partial charge on any atom is 0.303 e. The molecule has 0 aliphatic heterocycles. The standard InChI is InChI=1S/C15H21NO4/c1-20-13-7-3-2-6-12(13)10-11-16-14(17)8-4-5-9-15(18)19/h2-3,6-7H,4-5,8-11H2,1H3,(H,16,17)(H,18,19). The molecule has 0 bridgehead atoms. The number of rotatable bonds is 9. The maximum absolute atomic E-state index is 11.5. The highest BCUT2D eigenvalue weighted by Gasteiger charge is 2.04. The molecular weight excluding hydrogens is 258 g/mol. The van der Waals surface area contributed by atoms with Gasteiger partial charge in [-0.15, -0.1) is 0 Å². The van der Waals surface area contributed by atoms with Gasteiger partial charge in [0.15, 0.2) is 0 Å². The van der Waals surface area contributed by atoms with Crippen LogP contribution in [0.15, 0.2) is 24.3 Å². The molecule has 110 valence electrons. The Bertz CT molecular complexity index is 445. The Kier molecular flexibility index (Phi) is 7.17. The van der Waals surface area contributed by atoms with Crippen LogP contribution in [0, 0.1) is 0 Å². The molecule has 0 radical (unpaired) electrons. The number of nitrogens with one attached hydrogen (secondary N) is 1. The van der Waals surface area contributed by atoms with E-state index in [1.165, 1.54) is 0 Å². The van der Waals surface area contributed by atoms with E-state index in [9.17, 15) is 9.59 Å². The zero-order valence-corrected chi connectivity index (χ0v) is 11.7. The minimum atomic E-state index is -0.818. The number of carboxylic acid groups (broad SMARTS) is 1. The predicted octanol–water partition coefficient (Wildman–Crippen LogP) is 2.00. The normalized spacial score (nSPS) is 10.1. The summed E-state index contributed by atoms with van der Waals surface area (Å²) in [7, 11) is 1.62. The molecule has 0 aliphatic carbocycles. The lowest BCUT2D eigenvalue weighted by atomic mass is 10.1. The van der Waals surface area contributed by atoms with E-state index in [1.807, 2.05) is 24.3 Å². The Balaban J connectivity index is 2.20. The second-order valence-corrected chi connectivity index (χ2v) is 4.51. The number of benzene rings is 1. The highest BCUT2D eigenvalue weighted by atomic mass is 16.5. The van der Waals surface area contributed by atoms with Gasteiger partial charge in [0, 0.05) is 19.4 Å². The van der Waals surface area contributed by atoms with E-state index in [1.54, 1.807) is 7.11 Å². The van der Waals surface area contributed by atoms with E-state index in [2.05, 4.69) is 5.32 Å². The lowest BCUT2D eigenvalue weighted by Crippen LogP contribution is -2.25. The summed E-state index contributed by atoms with van der Waals surface area (Å²) in [6, 6.07) is 7.70. The van der Waals surface area contributed by atoms with E-state index in [-0.39, 0.29) is 12.3 Å². The van der Waals surface area contributed by atoms with Crippen molar-refractivity contribution in [3.05, 3.63) is 29.8 Å². The van der Waals surface area contributed by atoms with E-state index in [0.29, 0.717) is 32.2 Å². The van der Waals surface area contributed by atoms with Crippen molar-refractivity contribution in [2.24, 2.45) is 0 Å². The van der Waals surface area contributed by atoms with Crippen molar-refractivity contribution in [2.45, 2.75) is 32.1 Å². The van der Waals surface area contributed by atoms with Crippen molar-refractivity contribution >= 4 is 11.9 Å². The zero-order valence-electron chi connectivity index (χ0n) is 11.7. The first-order chi connectivity index (χ1) is 9.63. The molecule has 1 aromatic rings. The largest absolute Gasteiger partial charge is 0.496 e. The predicted molar refractivity (Wildman–Crippen MR) is 75.8 cm³/mol. The van der Waals surface area contributed by atoms with Gasteiger partial charge in [-0.3, -0.25) is 9.59 Å². The minimum absolute atomic E-state index is 0.0368. The number of aliphatic carboxylic acids is 1. The molecule has 0 fully saturated rings. The van der Waals surface area contributed by atoms with E-state index >= 15 is 0 Å². The number of hydrogen-bond donors (Lipinski definition) is 2. The van der Waals surface area contributed by atoms with Crippen LogP contribution in [0.5, 0.6) is 5.75 Å². The van der Waals surface area contributed by atoms with Crippen LogP contribution < -0.4 is 10.1 Å². The number of methoxy groups -OCH3 is 1. The highest BCUT2D eigenvalue weighted by molar-refractivity contribution is 5.75. The van der Waals surface area contributed by atoms with Gasteiger partial charge in [0.2, 0.25) is 5.91 Å². The second kappa shape index (κ2) is 8.96. The molecule has 0 aliphatic rings. The quantitative estimate of drug-likeness (QED) is 0.678. The molecule has 0 spiro atoms. The average molecular weight is 279 g/mol. The average Bonchev–Trinajstić information content (AvgIpc) is 2.44. The zero-order chi connectivity index (χ0) is 14.8. The fourth-order valence-corrected chi connectivity index (χ4v) is 1.90. The van der Waals surface area contributed by atoms with Gasteiger partial charge in [-0.25, -0.2) is 0 Å². The molecule has 0 aromatic heterocycles. The lowest BCUT2D eigenvalue weighted by molar-refractivity contribution is -0.137. The first-order valence-corrected chi connectivity index (χ1v) is 6.74. The Labute approximate surface area is 118 Å². The monoisotopic (exact) mass is 279 g/mol. The van der Waals surface area contributed by atoms with Crippen LogP contribution in [0.2, 0.25) is 0 Å². The van der Waals surface area contributed by atoms with Gasteiger partial charge in [0.25, 0.3) is 0 Å². The third-order valence-electron chi connectivity index (χ3n) is 2.95. The maximum atomic E-state index is 11.5. The Morgan fingerprint density at radius 2 is 1.90 bits per heavy atom. The molecule has 0 unspecified atom stereocenters. The van der Waals surface area contributed by atoms with Crippen molar-refractivity contribution in [3.8, 4) is 5.75 Å². The van der Waals surface area contributed by atoms with E-state index in [0.717, 1.165) is 11.3 Å². The first-order valence-electron chi connectivity index (χ1n) is 6.74. The summed E-state index contributed by atoms with van der Waals surface area (Å²) in [5, 5.41) is 11.3. The highest BCUT2D eigenvalue weighted by Crippen LogP contribution is 2.17. The van der Waals surface area contributed by atoms with Crippen LogP contribution in [0.25, 0.3) is 0 Å². The molecule has 20 heavy (non-hydrogen) atoms. The lowest BCUT2D eigenvalue weighted by Gasteiger charge is -2.09. The molecule has 5 nitrogen and oxygen atoms in total. The summed E-state index contributed by atoms with van der Waals surface area (Å²) in [5.74, 6) is -0.0323. The molecule has 0 saturated heterocycles. The molecule has 5 heteroatoms. The third kappa shape index (κ3) is 6.22. The van der Waals surface area contributed by atoms with Gasteiger partial charge < -0.3 is 15.2 Å². The third-order valence-corrected chi connectivity index (χ3v) is 2.95. The van der Waals surface area contributed by atoms with Gasteiger partial charge >= 0.3 is 5.97 Å². The van der Waals surface area contributed by atoms with Crippen LogP contribution in [0.1, 0.15) is 31.2 Å². The van der Waals surface area contributed by atoms with Crippen molar-refractivity contribution in [1.29, 1.82) is 0 Å². The number of hydrogen-bond acceptors (Lipinski definition) is 3. The number of ether oxygens (including phenoxy) is 1. The van der Waals surface area contributed by atoms with Gasteiger partial charge in [-0.2, -0.15) is 0 Å². The molecule has 1 rings (SSSR count). The van der Waals surface area contributed by atoms with Crippen LogP contribution in [-0.2, 0) is 16.0 Å². The van der Waals surface area contributed by atoms with Crippen LogP contribution in [0.4, 0.5) is 0 Å². The summed E-state index contributed by atoms with van der Waals surface area (Å²) < 4.78 is 5.24. The Hall–Kier alpha value is -2.04. The molecule has 1 aromatic carbocycles. The van der Waals surface area contributed by atoms with E-state index in [4.69, 9.17) is 9.84 Å². The summed E-state index contributed by atoms with van der Waals surface area (Å²) >= 11 is 0. The Morgan fingerprint density at radius 3 is 2.60 bits per heavy atom. The van der Waals surface area contributed by atoms with Crippen LogP contribution in [0.3, 0.4) is 0 Å². The van der Waals surface area contributed by atoms with Crippen molar-refractivity contribution < 1.29 is 19.4 Å². The fraction of sp³-hybridized carbons (Fsp3) is 0.467. The molecular formula is C15H21NO4. The van der Waals surface area contributed by atoms with Crippen LogP contribution in [-0.4, -0.2) is 30.6 Å². The fourth-order valence-electron chi connectivity index (χ4n) is 1.90. The Morgan fingerprint density at radius 1 is 1.20 bits per heavy atom. The summed E-state index contributed by atoms with van der Waals surface area (Å²) in [6.07, 6.45) is 2.35. The summed E-state index contributed by atoms with van der Waals surface area (Å²) in [4.78, 5) is 21.9. The van der Waals surface area contributed by atoms with Crippen molar-refractivity contribution in [3.63, 3.8) is 0 Å². The number of carbonyl (C=O) groups excluding carboxylic acids is 1. The molecule has 1 amide bonds. The number of para-hydroxylation sites is 1.